The molecule has 4 aromatic rings. The van der Waals surface area contributed by atoms with E-state index >= 15 is 0 Å². The van der Waals surface area contributed by atoms with Crippen molar-refractivity contribution in [2.24, 2.45) is 0 Å². The maximum Gasteiger partial charge on any atom is 0.255 e. The largest absolute Gasteiger partial charge is 0.493 e. The van der Waals surface area contributed by atoms with E-state index in [0.717, 1.165) is 16.8 Å². The predicted molar refractivity (Wildman–Crippen MR) is 126 cm³/mol. The molecule has 3 aromatic carbocycles. The molecule has 1 amide bonds. The Bertz CT molecular complexity index is 1250. The minimum absolute atomic E-state index is 0.165. The molecule has 2 N–H and O–H groups in total. The topological polar surface area (TPSA) is 98.5 Å². The molecule has 8 nitrogen and oxygen atoms in total. The van der Waals surface area contributed by atoms with Crippen molar-refractivity contribution >= 4 is 17.3 Å². The first-order chi connectivity index (χ1) is 16.1. The molecule has 0 saturated carbocycles. The fourth-order valence-electron chi connectivity index (χ4n) is 3.27. The summed E-state index contributed by atoms with van der Waals surface area (Å²) in [4.78, 5) is 16.9. The Morgan fingerprint density at radius 3 is 2.52 bits per heavy atom. The van der Waals surface area contributed by atoms with Gasteiger partial charge in [0.15, 0.2) is 11.5 Å². The molecule has 8 heteroatoms. The molecule has 33 heavy (non-hydrogen) atoms. The Labute approximate surface area is 191 Å². The van der Waals surface area contributed by atoms with Crippen molar-refractivity contribution in [2.75, 3.05) is 24.9 Å². The van der Waals surface area contributed by atoms with Crippen molar-refractivity contribution in [2.45, 2.75) is 13.5 Å². The molecule has 4 rings (SSSR count). The number of carbonyl (C=O) groups is 1. The van der Waals surface area contributed by atoms with E-state index < -0.39 is 0 Å². The first kappa shape index (κ1) is 21.9. The van der Waals surface area contributed by atoms with E-state index in [4.69, 9.17) is 14.0 Å². The number of benzene rings is 3. The smallest absolute Gasteiger partial charge is 0.255 e. The van der Waals surface area contributed by atoms with Gasteiger partial charge >= 0.3 is 0 Å². The molecule has 0 fully saturated rings. The number of rotatable bonds is 8. The molecule has 1 heterocycles. The highest BCUT2D eigenvalue weighted by Crippen LogP contribution is 2.31. The maximum absolute atomic E-state index is 12.4. The molecular weight excluding hydrogens is 420 g/mol. The number of methoxy groups -OCH3 is 2. The van der Waals surface area contributed by atoms with Gasteiger partial charge in [-0.3, -0.25) is 4.79 Å². The maximum atomic E-state index is 12.4. The quantitative estimate of drug-likeness (QED) is 0.398. The van der Waals surface area contributed by atoms with Crippen molar-refractivity contribution in [3.05, 3.63) is 83.7 Å². The SMILES string of the molecule is COc1ccc(-c2noc(CNc3cc(NC(=O)c4ccccc4)ccc3C)n2)cc1OC. The van der Waals surface area contributed by atoms with Gasteiger partial charge in [0.1, 0.15) is 0 Å². The standard InChI is InChI=1S/C25H24N4O4/c1-16-9-11-19(27-25(30)17-7-5-4-6-8-17)14-20(16)26-15-23-28-24(29-33-23)18-10-12-21(31-2)22(13-18)32-3/h4-14,26H,15H2,1-3H3,(H,27,30). The third-order valence-electron chi connectivity index (χ3n) is 5.07. The number of anilines is 2. The number of ether oxygens (including phenoxy) is 2. The van der Waals surface area contributed by atoms with E-state index in [-0.39, 0.29) is 5.91 Å². The molecule has 0 spiro atoms. The molecular formula is C25H24N4O4. The molecule has 0 saturated heterocycles. The molecule has 168 valence electrons. The van der Waals surface area contributed by atoms with E-state index in [0.29, 0.717) is 41.0 Å². The van der Waals surface area contributed by atoms with Gasteiger partial charge in [0.05, 0.1) is 20.8 Å². The van der Waals surface area contributed by atoms with Crippen LogP contribution in [-0.2, 0) is 6.54 Å². The molecule has 0 unspecified atom stereocenters. The second-order valence-electron chi connectivity index (χ2n) is 7.28. The van der Waals surface area contributed by atoms with Gasteiger partial charge in [-0.1, -0.05) is 29.4 Å². The van der Waals surface area contributed by atoms with E-state index in [1.54, 1.807) is 38.5 Å². The van der Waals surface area contributed by atoms with Crippen LogP contribution >= 0.6 is 0 Å². The summed E-state index contributed by atoms with van der Waals surface area (Å²) < 4.78 is 16.0. The number of carbonyl (C=O) groups excluding carboxylic acids is 1. The van der Waals surface area contributed by atoms with Crippen molar-refractivity contribution in [1.29, 1.82) is 0 Å². The average molecular weight is 444 g/mol. The Balaban J connectivity index is 1.44. The van der Waals surface area contributed by atoms with Crippen LogP contribution in [0.1, 0.15) is 21.8 Å². The van der Waals surface area contributed by atoms with Crippen LogP contribution in [0.25, 0.3) is 11.4 Å². The molecule has 0 aliphatic carbocycles. The normalized spacial score (nSPS) is 10.5. The summed E-state index contributed by atoms with van der Waals surface area (Å²) >= 11 is 0. The first-order valence-electron chi connectivity index (χ1n) is 10.3. The van der Waals surface area contributed by atoms with Crippen LogP contribution in [0.2, 0.25) is 0 Å². The molecule has 0 atom stereocenters. The first-order valence-corrected chi connectivity index (χ1v) is 10.3. The summed E-state index contributed by atoms with van der Waals surface area (Å²) in [5.41, 5.74) is 3.91. The Hall–Kier alpha value is -4.33. The third-order valence-corrected chi connectivity index (χ3v) is 5.07. The molecule has 0 aliphatic rings. The molecule has 1 aromatic heterocycles. The van der Waals surface area contributed by atoms with Crippen molar-refractivity contribution in [1.82, 2.24) is 10.1 Å². The van der Waals surface area contributed by atoms with Crippen LogP contribution in [-0.4, -0.2) is 30.3 Å². The Morgan fingerprint density at radius 1 is 0.970 bits per heavy atom. The monoisotopic (exact) mass is 444 g/mol. The number of aryl methyl sites for hydroxylation is 1. The van der Waals surface area contributed by atoms with Crippen molar-refractivity contribution in [3.63, 3.8) is 0 Å². The lowest BCUT2D eigenvalue weighted by molar-refractivity contribution is 0.102. The zero-order chi connectivity index (χ0) is 23.2. The highest BCUT2D eigenvalue weighted by molar-refractivity contribution is 6.04. The van der Waals surface area contributed by atoms with Crippen molar-refractivity contribution in [3.8, 4) is 22.9 Å². The predicted octanol–water partition coefficient (Wildman–Crippen LogP) is 4.93. The zero-order valence-corrected chi connectivity index (χ0v) is 18.6. The lowest BCUT2D eigenvalue weighted by atomic mass is 10.1. The highest BCUT2D eigenvalue weighted by Gasteiger charge is 2.13. The van der Waals surface area contributed by atoms with Gasteiger partial charge in [-0.15, -0.1) is 0 Å². The Kier molecular flexibility index (Phi) is 6.54. The van der Waals surface area contributed by atoms with Crippen molar-refractivity contribution < 1.29 is 18.8 Å². The van der Waals surface area contributed by atoms with Crippen LogP contribution in [0.3, 0.4) is 0 Å². The average Bonchev–Trinajstić information content (AvgIpc) is 3.33. The zero-order valence-electron chi connectivity index (χ0n) is 18.6. The van der Waals surface area contributed by atoms with Gasteiger partial charge < -0.3 is 24.6 Å². The summed E-state index contributed by atoms with van der Waals surface area (Å²) in [5.74, 6) is 1.93. The lowest BCUT2D eigenvalue weighted by Crippen LogP contribution is -2.12. The Morgan fingerprint density at radius 2 is 1.76 bits per heavy atom. The number of aromatic nitrogens is 2. The number of hydrogen-bond acceptors (Lipinski definition) is 7. The van der Waals surface area contributed by atoms with Crippen LogP contribution < -0.4 is 20.1 Å². The van der Waals surface area contributed by atoms with Gasteiger partial charge in [-0.05, 0) is 55.0 Å². The highest BCUT2D eigenvalue weighted by atomic mass is 16.5. The van der Waals surface area contributed by atoms with Gasteiger partial charge in [-0.25, -0.2) is 0 Å². The fraction of sp³-hybridized carbons (Fsp3) is 0.160. The van der Waals surface area contributed by atoms with Gasteiger partial charge in [0.25, 0.3) is 5.91 Å². The van der Waals surface area contributed by atoms with Gasteiger partial charge in [-0.2, -0.15) is 4.98 Å². The summed E-state index contributed by atoms with van der Waals surface area (Å²) in [5, 5.41) is 10.3. The van der Waals surface area contributed by atoms with Gasteiger partial charge in [0, 0.05) is 22.5 Å². The van der Waals surface area contributed by atoms with E-state index in [1.807, 2.05) is 49.4 Å². The van der Waals surface area contributed by atoms with Crippen LogP contribution in [0.5, 0.6) is 11.5 Å². The number of nitrogens with one attached hydrogen (secondary N) is 2. The summed E-state index contributed by atoms with van der Waals surface area (Å²) in [6.45, 7) is 2.31. The van der Waals surface area contributed by atoms with Crippen LogP contribution in [0, 0.1) is 6.92 Å². The second-order valence-corrected chi connectivity index (χ2v) is 7.28. The van der Waals surface area contributed by atoms with E-state index in [1.165, 1.54) is 0 Å². The minimum Gasteiger partial charge on any atom is -0.493 e. The summed E-state index contributed by atoms with van der Waals surface area (Å²) in [6.07, 6.45) is 0. The lowest BCUT2D eigenvalue weighted by Gasteiger charge is -2.11. The summed E-state index contributed by atoms with van der Waals surface area (Å²) in [6, 6.07) is 20.2. The van der Waals surface area contributed by atoms with E-state index in [2.05, 4.69) is 20.8 Å². The van der Waals surface area contributed by atoms with Gasteiger partial charge in [0.2, 0.25) is 11.7 Å². The second kappa shape index (κ2) is 9.86. The van der Waals surface area contributed by atoms with Crippen LogP contribution in [0.15, 0.2) is 71.3 Å². The third kappa shape index (κ3) is 5.12. The fourth-order valence-corrected chi connectivity index (χ4v) is 3.27. The number of hydrogen-bond donors (Lipinski definition) is 2. The van der Waals surface area contributed by atoms with Crippen LogP contribution in [0.4, 0.5) is 11.4 Å². The minimum atomic E-state index is -0.165. The summed E-state index contributed by atoms with van der Waals surface area (Å²) in [7, 11) is 3.16. The number of amides is 1. The molecule has 0 bridgehead atoms. The van der Waals surface area contributed by atoms with E-state index in [9.17, 15) is 4.79 Å². The molecule has 0 aliphatic heterocycles. The number of nitrogens with zero attached hydrogens (tertiary/aromatic N) is 2. The molecule has 0 radical (unpaired) electrons.